The van der Waals surface area contributed by atoms with Crippen molar-refractivity contribution < 1.29 is 9.50 Å². The van der Waals surface area contributed by atoms with Crippen LogP contribution in [0.25, 0.3) is 11.8 Å². The van der Waals surface area contributed by atoms with Crippen molar-refractivity contribution in [2.24, 2.45) is 5.41 Å². The summed E-state index contributed by atoms with van der Waals surface area (Å²) in [6.07, 6.45) is 8.19. The number of halogens is 2. The Labute approximate surface area is 189 Å². The Balaban J connectivity index is 1.45. The third kappa shape index (κ3) is 3.14. The fraction of sp³-hybridized carbons (Fsp3) is 0.320. The molecule has 2 atom stereocenters. The molecule has 2 aromatic carbocycles. The number of aryl methyl sites for hydroxylation is 1. The van der Waals surface area contributed by atoms with Crippen LogP contribution in [0, 0.1) is 14.8 Å². The molecule has 0 aliphatic heterocycles. The zero-order valence-electron chi connectivity index (χ0n) is 16.9. The van der Waals surface area contributed by atoms with Gasteiger partial charge in [-0.25, -0.2) is 9.07 Å². The third-order valence-electron chi connectivity index (χ3n) is 7.12. The molecule has 0 spiro atoms. The summed E-state index contributed by atoms with van der Waals surface area (Å²) in [5, 5.41) is 16.3. The topological polar surface area (TPSA) is 38.0 Å². The van der Waals surface area contributed by atoms with E-state index in [1.54, 1.807) is 12.1 Å². The summed E-state index contributed by atoms with van der Waals surface area (Å²) in [6.45, 7) is 2.21. The van der Waals surface area contributed by atoms with Gasteiger partial charge in [-0.3, -0.25) is 0 Å². The van der Waals surface area contributed by atoms with Gasteiger partial charge in [-0.05, 0) is 102 Å². The van der Waals surface area contributed by atoms with Gasteiger partial charge in [0.25, 0.3) is 0 Å². The number of hydrogen-bond acceptors (Lipinski definition) is 2. The van der Waals surface area contributed by atoms with Gasteiger partial charge in [-0.2, -0.15) is 5.10 Å². The molecule has 2 aliphatic rings. The number of aliphatic hydroxyl groups is 1. The summed E-state index contributed by atoms with van der Waals surface area (Å²) in [5.74, 6) is -0.250. The number of nitrogens with zero attached hydrogens (tertiary/aromatic N) is 2. The van der Waals surface area contributed by atoms with Gasteiger partial charge in [-0.15, -0.1) is 0 Å². The molecule has 0 amide bonds. The van der Waals surface area contributed by atoms with Gasteiger partial charge in [0, 0.05) is 8.99 Å². The zero-order chi connectivity index (χ0) is 20.9. The maximum absolute atomic E-state index is 13.3. The van der Waals surface area contributed by atoms with Gasteiger partial charge in [0.1, 0.15) is 5.82 Å². The summed E-state index contributed by atoms with van der Waals surface area (Å²) in [5.41, 5.74) is 4.63. The van der Waals surface area contributed by atoms with Crippen molar-refractivity contribution in [2.45, 2.75) is 44.6 Å². The Morgan fingerprint density at radius 2 is 1.93 bits per heavy atom. The fourth-order valence-corrected chi connectivity index (χ4v) is 5.82. The summed E-state index contributed by atoms with van der Waals surface area (Å²) >= 11 is 2.38. The highest BCUT2D eigenvalue weighted by molar-refractivity contribution is 14.1. The van der Waals surface area contributed by atoms with Gasteiger partial charge in [0.15, 0.2) is 0 Å². The molecular weight excluding hydrogens is 490 g/mol. The minimum atomic E-state index is -0.729. The van der Waals surface area contributed by atoms with Crippen LogP contribution in [0.1, 0.15) is 43.0 Å². The normalized spacial score (nSPS) is 25.0. The van der Waals surface area contributed by atoms with Crippen LogP contribution in [0.2, 0.25) is 0 Å². The highest BCUT2D eigenvalue weighted by Gasteiger charge is 2.54. The van der Waals surface area contributed by atoms with E-state index >= 15 is 0 Å². The van der Waals surface area contributed by atoms with E-state index in [1.807, 2.05) is 10.9 Å². The molecule has 1 N–H and O–H groups in total. The minimum absolute atomic E-state index is 0.250. The first-order chi connectivity index (χ1) is 14.4. The predicted octanol–water partition coefficient (Wildman–Crippen LogP) is 5.72. The van der Waals surface area contributed by atoms with E-state index in [4.69, 9.17) is 0 Å². The molecule has 1 saturated carbocycles. The predicted molar refractivity (Wildman–Crippen MR) is 125 cm³/mol. The second-order valence-electron chi connectivity index (χ2n) is 8.74. The monoisotopic (exact) mass is 514 g/mol. The van der Waals surface area contributed by atoms with E-state index < -0.39 is 5.60 Å². The van der Waals surface area contributed by atoms with Crippen LogP contribution < -0.4 is 0 Å². The lowest BCUT2D eigenvalue weighted by Gasteiger charge is -2.42. The molecule has 1 aromatic heterocycles. The second kappa shape index (κ2) is 7.31. The van der Waals surface area contributed by atoms with Crippen LogP contribution in [0.3, 0.4) is 0 Å². The van der Waals surface area contributed by atoms with Crippen LogP contribution in [0.4, 0.5) is 4.39 Å². The van der Waals surface area contributed by atoms with Gasteiger partial charge in [0.05, 0.1) is 23.2 Å². The van der Waals surface area contributed by atoms with Crippen LogP contribution in [0.15, 0.2) is 60.3 Å². The molecule has 0 radical (unpaired) electrons. The van der Waals surface area contributed by atoms with Crippen molar-refractivity contribution >= 4 is 28.7 Å². The first kappa shape index (κ1) is 19.9. The van der Waals surface area contributed by atoms with Crippen LogP contribution in [-0.4, -0.2) is 20.5 Å². The summed E-state index contributed by atoms with van der Waals surface area (Å²) in [6, 6.07) is 14.8. The van der Waals surface area contributed by atoms with Gasteiger partial charge in [0.2, 0.25) is 0 Å². The number of rotatable bonds is 4. The largest absolute Gasteiger partial charge is 0.389 e. The molecular formula is C25H24FIN2O. The molecule has 154 valence electrons. The van der Waals surface area contributed by atoms with Gasteiger partial charge < -0.3 is 5.11 Å². The average molecular weight is 514 g/mol. The molecule has 0 bridgehead atoms. The van der Waals surface area contributed by atoms with Crippen LogP contribution in [0.5, 0.6) is 0 Å². The van der Waals surface area contributed by atoms with E-state index in [0.29, 0.717) is 0 Å². The molecule has 1 heterocycles. The van der Waals surface area contributed by atoms with E-state index in [0.717, 1.165) is 49.0 Å². The van der Waals surface area contributed by atoms with Crippen molar-refractivity contribution in [3.63, 3.8) is 0 Å². The lowest BCUT2D eigenvalue weighted by atomic mass is 9.65. The van der Waals surface area contributed by atoms with Gasteiger partial charge in [-0.1, -0.05) is 30.7 Å². The molecule has 0 saturated heterocycles. The van der Waals surface area contributed by atoms with Crippen molar-refractivity contribution in [2.75, 3.05) is 0 Å². The van der Waals surface area contributed by atoms with E-state index in [9.17, 15) is 9.50 Å². The quantitative estimate of drug-likeness (QED) is 0.453. The van der Waals surface area contributed by atoms with Crippen molar-refractivity contribution in [1.29, 1.82) is 0 Å². The lowest BCUT2D eigenvalue weighted by Crippen LogP contribution is -2.45. The van der Waals surface area contributed by atoms with Crippen molar-refractivity contribution in [1.82, 2.24) is 9.78 Å². The SMILES string of the molecule is C[C@]12Cc3cnn(-c4ccc(F)cc4)c3C=C1CC[C@@]2(O)CCc1ccccc1I. The van der Waals surface area contributed by atoms with Crippen molar-refractivity contribution in [3.05, 3.63) is 86.5 Å². The zero-order valence-corrected chi connectivity index (χ0v) is 19.1. The average Bonchev–Trinajstić information content (AvgIpc) is 3.24. The molecule has 3 aromatic rings. The highest BCUT2D eigenvalue weighted by atomic mass is 127. The van der Waals surface area contributed by atoms with E-state index in [-0.39, 0.29) is 11.2 Å². The number of hydrogen-bond donors (Lipinski definition) is 1. The molecule has 30 heavy (non-hydrogen) atoms. The first-order valence-electron chi connectivity index (χ1n) is 10.4. The minimum Gasteiger partial charge on any atom is -0.389 e. The van der Waals surface area contributed by atoms with Gasteiger partial charge >= 0.3 is 0 Å². The first-order valence-corrected chi connectivity index (χ1v) is 11.5. The lowest BCUT2D eigenvalue weighted by molar-refractivity contribution is -0.0461. The molecule has 1 fully saturated rings. The Kier molecular flexibility index (Phi) is 4.86. The van der Waals surface area contributed by atoms with Crippen molar-refractivity contribution in [3.8, 4) is 5.69 Å². The number of fused-ring (bicyclic) bond motifs is 2. The van der Waals surface area contributed by atoms with Crippen LogP contribution in [-0.2, 0) is 12.8 Å². The number of aromatic nitrogens is 2. The molecule has 5 heteroatoms. The Morgan fingerprint density at radius 3 is 2.70 bits per heavy atom. The van der Waals surface area contributed by atoms with Crippen LogP contribution >= 0.6 is 22.6 Å². The maximum Gasteiger partial charge on any atom is 0.123 e. The number of benzene rings is 2. The fourth-order valence-electron chi connectivity index (χ4n) is 5.16. The Bertz CT molecular complexity index is 1140. The maximum atomic E-state index is 13.3. The van der Waals surface area contributed by atoms with E-state index in [1.165, 1.54) is 26.8 Å². The smallest absolute Gasteiger partial charge is 0.123 e. The molecule has 5 rings (SSSR count). The summed E-state index contributed by atoms with van der Waals surface area (Å²) in [7, 11) is 0. The third-order valence-corrected chi connectivity index (χ3v) is 8.17. The summed E-state index contributed by atoms with van der Waals surface area (Å²) < 4.78 is 16.5. The molecule has 2 aliphatic carbocycles. The molecule has 0 unspecified atom stereocenters. The van der Waals surface area contributed by atoms with E-state index in [2.05, 4.69) is 65.0 Å². The Hall–Kier alpha value is -1.99. The Morgan fingerprint density at radius 1 is 1.17 bits per heavy atom. The second-order valence-corrected chi connectivity index (χ2v) is 9.91. The summed E-state index contributed by atoms with van der Waals surface area (Å²) in [4.78, 5) is 0. The standard InChI is InChI=1S/C25H24FIN2O/c1-24-15-18-16-28-29(21-8-6-20(26)7-9-21)23(18)14-19(24)11-13-25(24,30)12-10-17-4-2-3-5-22(17)27/h2-9,14,16,30H,10-13,15H2,1H3/t24-,25-/m0/s1. The highest BCUT2D eigenvalue weighted by Crippen LogP contribution is 2.56. The molecule has 3 nitrogen and oxygen atoms in total.